The molecule has 0 saturated carbocycles. The van der Waals surface area contributed by atoms with Crippen molar-refractivity contribution >= 4 is 13.4 Å². The maximum Gasteiger partial charge on any atom is 0.417 e. The molecule has 0 aliphatic carbocycles. The summed E-state index contributed by atoms with van der Waals surface area (Å²) in [7, 11) is -1.59. The topological polar surface area (TPSA) is 43.6 Å². The van der Waals surface area contributed by atoms with Crippen LogP contribution in [0.2, 0.25) is 19.6 Å². The zero-order valence-electron chi connectivity index (χ0n) is 10.7. The lowest BCUT2D eigenvalue weighted by Crippen LogP contribution is -2.38. The van der Waals surface area contributed by atoms with Gasteiger partial charge in [-0.15, -0.1) is 5.10 Å². The second-order valence-corrected chi connectivity index (χ2v) is 10.2. The minimum Gasteiger partial charge on any atom is -0.236 e. The summed E-state index contributed by atoms with van der Waals surface area (Å²) in [5.41, 5.74) is -0.776. The zero-order chi connectivity index (χ0) is 14.3. The van der Waals surface area contributed by atoms with E-state index in [4.69, 9.17) is 0 Å². The molecule has 0 N–H and O–H groups in total. The Morgan fingerprint density at radius 1 is 1.16 bits per heavy atom. The molecule has 8 heteroatoms. The molecule has 0 aromatic carbocycles. The molecule has 0 atom stereocenters. The second-order valence-electron chi connectivity index (χ2n) is 5.20. The fraction of sp³-hybridized carbons (Fsp3) is 0.364. The maximum atomic E-state index is 12.4. The number of pyridine rings is 1. The molecule has 2 heterocycles. The van der Waals surface area contributed by atoms with Gasteiger partial charge in [-0.3, -0.25) is 0 Å². The number of halogens is 3. The van der Waals surface area contributed by atoms with Crippen LogP contribution in [0.15, 0.2) is 24.5 Å². The third-order valence-corrected chi connectivity index (χ3v) is 4.34. The maximum absolute atomic E-state index is 12.4. The van der Waals surface area contributed by atoms with Crippen LogP contribution in [0.25, 0.3) is 5.82 Å². The summed E-state index contributed by atoms with van der Waals surface area (Å²) in [6.07, 6.45) is -1.86. The standard InChI is InChI=1S/C11H13F3N4Si/c1-19(2,3)10-7-18(17-16-10)9-5-4-8(6-15-9)11(12,13)14/h4-7H,1-3H3. The van der Waals surface area contributed by atoms with Gasteiger partial charge in [-0.05, 0) is 12.1 Å². The Morgan fingerprint density at radius 3 is 2.26 bits per heavy atom. The van der Waals surface area contributed by atoms with Crippen molar-refractivity contribution in [2.45, 2.75) is 25.8 Å². The Hall–Kier alpha value is -1.70. The minimum atomic E-state index is -4.38. The molecule has 0 aliphatic heterocycles. The summed E-state index contributed by atoms with van der Waals surface area (Å²) >= 11 is 0. The highest BCUT2D eigenvalue weighted by Gasteiger charge is 2.30. The number of alkyl halides is 3. The third kappa shape index (κ3) is 3.00. The molecule has 0 saturated heterocycles. The predicted molar refractivity (Wildman–Crippen MR) is 67.1 cm³/mol. The summed E-state index contributed by atoms with van der Waals surface area (Å²) in [4.78, 5) is 3.77. The van der Waals surface area contributed by atoms with Crippen molar-refractivity contribution in [3.63, 3.8) is 0 Å². The number of aromatic nitrogens is 4. The van der Waals surface area contributed by atoms with E-state index in [0.717, 1.165) is 17.6 Å². The predicted octanol–water partition coefficient (Wildman–Crippen LogP) is 2.23. The van der Waals surface area contributed by atoms with E-state index in [1.54, 1.807) is 6.20 Å². The van der Waals surface area contributed by atoms with Crippen molar-refractivity contribution in [3.05, 3.63) is 30.1 Å². The molecule has 0 spiro atoms. The van der Waals surface area contributed by atoms with Gasteiger partial charge >= 0.3 is 6.18 Å². The number of rotatable bonds is 2. The molecule has 2 aromatic rings. The normalized spacial score (nSPS) is 12.7. The fourth-order valence-electron chi connectivity index (χ4n) is 1.41. The van der Waals surface area contributed by atoms with E-state index in [2.05, 4.69) is 34.9 Å². The summed E-state index contributed by atoms with van der Waals surface area (Å²) < 4.78 is 38.6. The molecular weight excluding hydrogens is 273 g/mol. The van der Waals surface area contributed by atoms with Gasteiger partial charge in [-0.25, -0.2) is 9.67 Å². The molecule has 0 amide bonds. The van der Waals surface area contributed by atoms with E-state index in [9.17, 15) is 13.2 Å². The van der Waals surface area contributed by atoms with Crippen molar-refractivity contribution in [1.82, 2.24) is 20.0 Å². The quantitative estimate of drug-likeness (QED) is 0.795. The van der Waals surface area contributed by atoms with E-state index in [-0.39, 0.29) is 0 Å². The van der Waals surface area contributed by atoms with Crippen LogP contribution >= 0.6 is 0 Å². The lowest BCUT2D eigenvalue weighted by molar-refractivity contribution is -0.137. The van der Waals surface area contributed by atoms with Crippen molar-refractivity contribution in [2.75, 3.05) is 0 Å². The first-order valence-corrected chi connectivity index (χ1v) is 9.14. The average molecular weight is 286 g/mol. The van der Waals surface area contributed by atoms with E-state index in [1.807, 2.05) is 0 Å². The third-order valence-electron chi connectivity index (χ3n) is 2.57. The van der Waals surface area contributed by atoms with Gasteiger partial charge in [-0.1, -0.05) is 24.9 Å². The average Bonchev–Trinajstić information content (AvgIpc) is 2.77. The van der Waals surface area contributed by atoms with Crippen LogP contribution in [0.5, 0.6) is 0 Å². The summed E-state index contributed by atoms with van der Waals surface area (Å²) in [6.45, 7) is 6.34. The molecule has 2 rings (SSSR count). The van der Waals surface area contributed by atoms with Gasteiger partial charge in [0.2, 0.25) is 0 Å². The molecule has 0 aliphatic rings. The fourth-order valence-corrected chi connectivity index (χ4v) is 2.26. The smallest absolute Gasteiger partial charge is 0.236 e. The first-order valence-electron chi connectivity index (χ1n) is 5.64. The molecule has 0 bridgehead atoms. The van der Waals surface area contributed by atoms with Crippen LogP contribution in [0.3, 0.4) is 0 Å². The van der Waals surface area contributed by atoms with Gasteiger partial charge in [0.1, 0.15) is 8.07 Å². The summed E-state index contributed by atoms with van der Waals surface area (Å²) in [6, 6.07) is 2.27. The largest absolute Gasteiger partial charge is 0.417 e. The molecule has 0 unspecified atom stereocenters. The van der Waals surface area contributed by atoms with Crippen molar-refractivity contribution < 1.29 is 13.2 Å². The summed E-state index contributed by atoms with van der Waals surface area (Å²) in [5, 5.41) is 8.83. The van der Waals surface area contributed by atoms with Gasteiger partial charge in [0.25, 0.3) is 0 Å². The SMILES string of the molecule is C[Si](C)(C)c1cn(-c2ccc(C(F)(F)F)cn2)nn1. The Bertz CT molecular complexity index is 569. The summed E-state index contributed by atoms with van der Waals surface area (Å²) in [5.74, 6) is 0.324. The lowest BCUT2D eigenvalue weighted by atomic mass is 10.3. The lowest BCUT2D eigenvalue weighted by Gasteiger charge is -2.09. The Labute approximate surface area is 109 Å². The van der Waals surface area contributed by atoms with E-state index < -0.39 is 19.8 Å². The Morgan fingerprint density at radius 2 is 1.84 bits per heavy atom. The van der Waals surface area contributed by atoms with Gasteiger partial charge in [-0.2, -0.15) is 13.2 Å². The molecule has 4 nitrogen and oxygen atoms in total. The number of hydrogen-bond acceptors (Lipinski definition) is 3. The highest BCUT2D eigenvalue weighted by molar-refractivity contribution is 6.88. The molecule has 19 heavy (non-hydrogen) atoms. The van der Waals surface area contributed by atoms with Crippen LogP contribution in [0.1, 0.15) is 5.56 Å². The highest BCUT2D eigenvalue weighted by atomic mass is 28.3. The van der Waals surface area contributed by atoms with E-state index in [0.29, 0.717) is 5.82 Å². The molecular formula is C11H13F3N4Si. The van der Waals surface area contributed by atoms with Gasteiger partial charge < -0.3 is 0 Å². The van der Waals surface area contributed by atoms with Crippen LogP contribution in [-0.4, -0.2) is 28.1 Å². The first kappa shape index (κ1) is 13.7. The molecule has 2 aromatic heterocycles. The van der Waals surface area contributed by atoms with Crippen LogP contribution in [0.4, 0.5) is 13.2 Å². The molecule has 0 radical (unpaired) electrons. The zero-order valence-corrected chi connectivity index (χ0v) is 11.7. The monoisotopic (exact) mass is 286 g/mol. The van der Waals surface area contributed by atoms with Crippen molar-refractivity contribution in [1.29, 1.82) is 0 Å². The van der Waals surface area contributed by atoms with Gasteiger partial charge in [0.15, 0.2) is 5.82 Å². The van der Waals surface area contributed by atoms with Crippen molar-refractivity contribution in [3.8, 4) is 5.82 Å². The molecule has 0 fully saturated rings. The first-order chi connectivity index (χ1) is 8.68. The van der Waals surface area contributed by atoms with Crippen LogP contribution < -0.4 is 5.32 Å². The van der Waals surface area contributed by atoms with Gasteiger partial charge in [0, 0.05) is 6.20 Å². The van der Waals surface area contributed by atoms with Crippen LogP contribution in [0, 0.1) is 0 Å². The molecule has 102 valence electrons. The van der Waals surface area contributed by atoms with Gasteiger partial charge in [0.05, 0.1) is 17.1 Å². The number of hydrogen-bond donors (Lipinski definition) is 0. The minimum absolute atomic E-state index is 0.324. The van der Waals surface area contributed by atoms with Crippen molar-refractivity contribution in [2.24, 2.45) is 0 Å². The van der Waals surface area contributed by atoms with Crippen LogP contribution in [-0.2, 0) is 6.18 Å². The number of nitrogens with zero attached hydrogens (tertiary/aromatic N) is 4. The Balaban J connectivity index is 2.31. The Kier molecular flexibility index (Phi) is 3.21. The highest BCUT2D eigenvalue weighted by Crippen LogP contribution is 2.28. The second kappa shape index (κ2) is 4.44. The van der Waals surface area contributed by atoms with E-state index >= 15 is 0 Å². The van der Waals surface area contributed by atoms with E-state index in [1.165, 1.54) is 10.7 Å².